The van der Waals surface area contributed by atoms with Crippen LogP contribution in [0.5, 0.6) is 0 Å². The minimum Gasteiger partial charge on any atom is -0.302 e. The van der Waals surface area contributed by atoms with Crippen LogP contribution >= 0.6 is 23.1 Å². The number of fused-ring (bicyclic) bond motifs is 1. The molecule has 4 rings (SSSR count). The molecule has 1 heterocycles. The molecular weight excluding hydrogens is 403 g/mol. The zero-order chi connectivity index (χ0) is 20.1. The molecule has 1 amide bonds. The average molecular weight is 423 g/mol. The van der Waals surface area contributed by atoms with Gasteiger partial charge in [0.15, 0.2) is 5.13 Å². The van der Waals surface area contributed by atoms with Crippen LogP contribution in [0.25, 0.3) is 22.0 Å². The highest BCUT2D eigenvalue weighted by atomic mass is 32.2. The summed E-state index contributed by atoms with van der Waals surface area (Å²) in [5, 5.41) is 7.82. The predicted octanol–water partition coefficient (Wildman–Crippen LogP) is 6.61. The second-order valence-corrected chi connectivity index (χ2v) is 8.58. The highest BCUT2D eigenvalue weighted by Crippen LogP contribution is 2.28. The molecular formula is C23H19FN2OS2. The van der Waals surface area contributed by atoms with E-state index >= 15 is 0 Å². The zero-order valence-corrected chi connectivity index (χ0v) is 17.2. The van der Waals surface area contributed by atoms with E-state index in [2.05, 4.69) is 40.6 Å². The third-order valence-electron chi connectivity index (χ3n) is 4.43. The number of hydrogen-bond acceptors (Lipinski definition) is 4. The van der Waals surface area contributed by atoms with Gasteiger partial charge in [0.2, 0.25) is 5.91 Å². The summed E-state index contributed by atoms with van der Waals surface area (Å²) in [6.45, 7) is 0. The SMILES string of the molecule is O=C(CCCSc1ccc(F)cc1)Nc1nc(-c2ccc3ccccc3c2)cs1. The van der Waals surface area contributed by atoms with Gasteiger partial charge in [-0.2, -0.15) is 0 Å². The Morgan fingerprint density at radius 1 is 1.03 bits per heavy atom. The molecule has 0 aliphatic rings. The van der Waals surface area contributed by atoms with E-state index in [9.17, 15) is 9.18 Å². The number of nitrogens with one attached hydrogen (secondary N) is 1. The van der Waals surface area contributed by atoms with Gasteiger partial charge in [0, 0.05) is 22.3 Å². The molecule has 0 bridgehead atoms. The number of halogens is 1. The molecule has 1 N–H and O–H groups in total. The monoisotopic (exact) mass is 422 g/mol. The molecule has 0 saturated carbocycles. The first-order chi connectivity index (χ1) is 14.2. The Kier molecular flexibility index (Phi) is 6.22. The molecule has 3 nitrogen and oxygen atoms in total. The van der Waals surface area contributed by atoms with E-state index in [1.54, 1.807) is 23.9 Å². The highest BCUT2D eigenvalue weighted by molar-refractivity contribution is 7.99. The van der Waals surface area contributed by atoms with Crippen LogP contribution in [0.1, 0.15) is 12.8 Å². The molecule has 0 atom stereocenters. The van der Waals surface area contributed by atoms with E-state index in [-0.39, 0.29) is 11.7 Å². The lowest BCUT2D eigenvalue weighted by Crippen LogP contribution is -2.11. The number of hydrogen-bond donors (Lipinski definition) is 1. The second kappa shape index (κ2) is 9.20. The fraction of sp³-hybridized carbons (Fsp3) is 0.130. The lowest BCUT2D eigenvalue weighted by Gasteiger charge is -2.03. The van der Waals surface area contributed by atoms with Crippen LogP contribution in [0.2, 0.25) is 0 Å². The van der Waals surface area contributed by atoms with Gasteiger partial charge in [-0.15, -0.1) is 23.1 Å². The van der Waals surface area contributed by atoms with Crippen LogP contribution in [-0.2, 0) is 4.79 Å². The number of anilines is 1. The van der Waals surface area contributed by atoms with E-state index in [4.69, 9.17) is 0 Å². The molecule has 4 aromatic rings. The van der Waals surface area contributed by atoms with E-state index in [1.807, 2.05) is 17.5 Å². The average Bonchev–Trinajstić information content (AvgIpc) is 3.20. The number of carbonyl (C=O) groups is 1. The van der Waals surface area contributed by atoms with Crippen LogP contribution in [0.4, 0.5) is 9.52 Å². The van der Waals surface area contributed by atoms with E-state index in [0.717, 1.165) is 28.3 Å². The van der Waals surface area contributed by atoms with Gasteiger partial charge < -0.3 is 5.32 Å². The Morgan fingerprint density at radius 2 is 1.83 bits per heavy atom. The van der Waals surface area contributed by atoms with Crippen molar-refractivity contribution in [3.8, 4) is 11.3 Å². The molecule has 0 aliphatic heterocycles. The third-order valence-corrected chi connectivity index (χ3v) is 6.28. The summed E-state index contributed by atoms with van der Waals surface area (Å²) >= 11 is 3.05. The van der Waals surface area contributed by atoms with Gasteiger partial charge in [-0.3, -0.25) is 4.79 Å². The van der Waals surface area contributed by atoms with Crippen LogP contribution in [0.3, 0.4) is 0 Å². The Labute approximate surface area is 177 Å². The van der Waals surface area contributed by atoms with Crippen molar-refractivity contribution < 1.29 is 9.18 Å². The smallest absolute Gasteiger partial charge is 0.226 e. The number of thiazole rings is 1. The maximum Gasteiger partial charge on any atom is 0.226 e. The first kappa shape index (κ1) is 19.6. The maximum atomic E-state index is 12.9. The Morgan fingerprint density at radius 3 is 2.66 bits per heavy atom. The van der Waals surface area contributed by atoms with Crippen molar-refractivity contribution in [1.29, 1.82) is 0 Å². The summed E-state index contributed by atoms with van der Waals surface area (Å²) in [5.41, 5.74) is 1.90. The van der Waals surface area contributed by atoms with Crippen molar-refractivity contribution in [2.45, 2.75) is 17.7 Å². The molecule has 0 unspecified atom stereocenters. The first-order valence-corrected chi connectivity index (χ1v) is 11.2. The van der Waals surface area contributed by atoms with Crippen molar-refractivity contribution in [3.05, 3.63) is 77.9 Å². The van der Waals surface area contributed by atoms with Crippen molar-refractivity contribution in [1.82, 2.24) is 4.98 Å². The van der Waals surface area contributed by atoms with Gasteiger partial charge in [-0.05, 0) is 53.3 Å². The van der Waals surface area contributed by atoms with Gasteiger partial charge >= 0.3 is 0 Å². The molecule has 146 valence electrons. The molecule has 0 aliphatic carbocycles. The van der Waals surface area contributed by atoms with Crippen molar-refractivity contribution in [2.75, 3.05) is 11.1 Å². The summed E-state index contributed by atoms with van der Waals surface area (Å²) in [4.78, 5) is 17.7. The Bertz CT molecular complexity index is 1130. The van der Waals surface area contributed by atoms with E-state index < -0.39 is 0 Å². The van der Waals surface area contributed by atoms with Crippen LogP contribution < -0.4 is 5.32 Å². The highest BCUT2D eigenvalue weighted by Gasteiger charge is 2.09. The fourth-order valence-electron chi connectivity index (χ4n) is 2.95. The van der Waals surface area contributed by atoms with Gasteiger partial charge in [0.25, 0.3) is 0 Å². The number of rotatable bonds is 7. The molecule has 29 heavy (non-hydrogen) atoms. The number of benzene rings is 3. The quantitative estimate of drug-likeness (QED) is 0.269. The van der Waals surface area contributed by atoms with E-state index in [1.165, 1.54) is 34.2 Å². The largest absolute Gasteiger partial charge is 0.302 e. The second-order valence-electron chi connectivity index (χ2n) is 6.55. The zero-order valence-electron chi connectivity index (χ0n) is 15.6. The molecule has 0 spiro atoms. The number of aromatic nitrogens is 1. The number of amides is 1. The summed E-state index contributed by atoms with van der Waals surface area (Å²) in [5.74, 6) is 0.531. The van der Waals surface area contributed by atoms with Crippen molar-refractivity contribution >= 4 is 44.9 Å². The molecule has 3 aromatic carbocycles. The molecule has 0 saturated heterocycles. The number of thioether (sulfide) groups is 1. The van der Waals surface area contributed by atoms with Crippen LogP contribution in [0.15, 0.2) is 77.0 Å². The third kappa shape index (κ3) is 5.22. The maximum absolute atomic E-state index is 12.9. The van der Waals surface area contributed by atoms with Crippen molar-refractivity contribution in [3.63, 3.8) is 0 Å². The lowest BCUT2D eigenvalue weighted by molar-refractivity contribution is -0.116. The summed E-state index contributed by atoms with van der Waals surface area (Å²) in [7, 11) is 0. The lowest BCUT2D eigenvalue weighted by atomic mass is 10.1. The molecule has 1 aromatic heterocycles. The molecule has 6 heteroatoms. The van der Waals surface area contributed by atoms with E-state index in [0.29, 0.717) is 11.6 Å². The molecule has 0 fully saturated rings. The summed E-state index contributed by atoms with van der Waals surface area (Å²) < 4.78 is 12.9. The normalized spacial score (nSPS) is 10.9. The standard InChI is InChI=1S/C23H19FN2OS2/c24-19-9-11-20(12-10-19)28-13-3-6-22(27)26-23-25-21(15-29-23)18-8-7-16-4-1-2-5-17(16)14-18/h1-2,4-5,7-12,14-15H,3,6,13H2,(H,25,26,27). The number of nitrogens with zero attached hydrogens (tertiary/aromatic N) is 1. The Balaban J connectivity index is 1.29. The van der Waals surface area contributed by atoms with Crippen LogP contribution in [-0.4, -0.2) is 16.6 Å². The van der Waals surface area contributed by atoms with Gasteiger partial charge in [0.1, 0.15) is 5.82 Å². The van der Waals surface area contributed by atoms with Gasteiger partial charge in [-0.1, -0.05) is 36.4 Å². The summed E-state index contributed by atoms with van der Waals surface area (Å²) in [6, 6.07) is 20.9. The number of carbonyl (C=O) groups excluding carboxylic acids is 1. The van der Waals surface area contributed by atoms with Gasteiger partial charge in [0.05, 0.1) is 5.69 Å². The minimum absolute atomic E-state index is 0.0379. The summed E-state index contributed by atoms with van der Waals surface area (Å²) in [6.07, 6.45) is 1.18. The molecule has 0 radical (unpaired) electrons. The first-order valence-electron chi connectivity index (χ1n) is 9.30. The van der Waals surface area contributed by atoms with Gasteiger partial charge in [-0.25, -0.2) is 9.37 Å². The fourth-order valence-corrected chi connectivity index (χ4v) is 4.54. The Hall–Kier alpha value is -2.70. The topological polar surface area (TPSA) is 42.0 Å². The van der Waals surface area contributed by atoms with Crippen molar-refractivity contribution in [2.24, 2.45) is 0 Å². The van der Waals surface area contributed by atoms with Crippen LogP contribution in [0, 0.1) is 5.82 Å². The minimum atomic E-state index is -0.236. The predicted molar refractivity (Wildman–Crippen MR) is 120 cm³/mol.